The molecule has 84 valence electrons. The van der Waals surface area contributed by atoms with Gasteiger partial charge in [-0.1, -0.05) is 40.5 Å². The Hall–Kier alpha value is -0.0900. The molecule has 0 bridgehead atoms. The van der Waals surface area contributed by atoms with Crippen molar-refractivity contribution < 1.29 is 5.11 Å². The molecular weight excluding hydrogens is 277 g/mol. The minimum absolute atomic E-state index is 0.386. The first-order chi connectivity index (χ1) is 7.13. The summed E-state index contributed by atoms with van der Waals surface area (Å²) in [5.41, 5.74) is 0.977. The molecule has 4 heteroatoms. The molecule has 0 amide bonds. The number of halogens is 2. The predicted octanol–water partition coefficient (Wildman–Crippen LogP) is 2.62. The van der Waals surface area contributed by atoms with Gasteiger partial charge in [-0.25, -0.2) is 0 Å². The maximum absolute atomic E-state index is 9.69. The Morgan fingerprint density at radius 3 is 2.87 bits per heavy atom. The number of aliphatic hydroxyl groups excluding tert-OH is 1. The Bertz CT molecular complexity index is 319. The first-order valence-corrected chi connectivity index (χ1v) is 6.13. The van der Waals surface area contributed by atoms with Gasteiger partial charge < -0.3 is 10.4 Å². The number of rotatable bonds is 5. The quantitative estimate of drug-likeness (QED) is 0.874. The van der Waals surface area contributed by atoms with E-state index >= 15 is 0 Å². The van der Waals surface area contributed by atoms with Crippen LogP contribution in [0.25, 0.3) is 0 Å². The van der Waals surface area contributed by atoms with Crippen molar-refractivity contribution in [1.82, 2.24) is 5.32 Å². The Kier molecular flexibility index (Phi) is 5.61. The zero-order valence-corrected chi connectivity index (χ0v) is 11.0. The van der Waals surface area contributed by atoms with Gasteiger partial charge in [-0.2, -0.15) is 0 Å². The molecule has 0 saturated heterocycles. The molecule has 0 spiro atoms. The molecule has 0 saturated carbocycles. The monoisotopic (exact) mass is 291 g/mol. The van der Waals surface area contributed by atoms with Crippen molar-refractivity contribution in [1.29, 1.82) is 0 Å². The summed E-state index contributed by atoms with van der Waals surface area (Å²) in [6, 6.07) is 5.71. The van der Waals surface area contributed by atoms with Gasteiger partial charge >= 0.3 is 0 Å². The van der Waals surface area contributed by atoms with Gasteiger partial charge in [0.25, 0.3) is 0 Å². The third-order valence-electron chi connectivity index (χ3n) is 2.10. The Morgan fingerprint density at radius 1 is 1.53 bits per heavy atom. The minimum atomic E-state index is -0.386. The zero-order valence-electron chi connectivity index (χ0n) is 8.63. The van der Waals surface area contributed by atoms with E-state index in [9.17, 15) is 5.11 Å². The summed E-state index contributed by atoms with van der Waals surface area (Å²) >= 11 is 9.39. The van der Waals surface area contributed by atoms with Crippen LogP contribution in [-0.4, -0.2) is 24.3 Å². The summed E-state index contributed by atoms with van der Waals surface area (Å²) in [4.78, 5) is 0. The summed E-state index contributed by atoms with van der Waals surface area (Å²) in [5, 5.41) is 13.5. The molecule has 0 aliphatic rings. The minimum Gasteiger partial charge on any atom is -0.391 e. The van der Waals surface area contributed by atoms with E-state index in [0.29, 0.717) is 18.0 Å². The second kappa shape index (κ2) is 6.48. The smallest absolute Gasteiger partial charge is 0.0705 e. The van der Waals surface area contributed by atoms with Crippen molar-refractivity contribution in [2.75, 3.05) is 13.1 Å². The number of benzene rings is 1. The van der Waals surface area contributed by atoms with Crippen molar-refractivity contribution in [2.24, 2.45) is 0 Å². The highest BCUT2D eigenvalue weighted by atomic mass is 79.9. The van der Waals surface area contributed by atoms with Crippen LogP contribution in [0.4, 0.5) is 0 Å². The predicted molar refractivity (Wildman–Crippen MR) is 67.4 cm³/mol. The van der Waals surface area contributed by atoms with E-state index in [1.54, 1.807) is 0 Å². The van der Waals surface area contributed by atoms with E-state index in [1.807, 2.05) is 25.1 Å². The fourth-order valence-corrected chi connectivity index (χ4v) is 2.07. The Balaban J connectivity index is 2.56. The van der Waals surface area contributed by atoms with Crippen LogP contribution in [0.1, 0.15) is 12.5 Å². The van der Waals surface area contributed by atoms with Crippen LogP contribution in [0.3, 0.4) is 0 Å². The lowest BCUT2D eigenvalue weighted by molar-refractivity contribution is 0.173. The molecule has 0 radical (unpaired) electrons. The molecule has 2 N–H and O–H groups in total. The van der Waals surface area contributed by atoms with Gasteiger partial charge in [-0.3, -0.25) is 0 Å². The zero-order chi connectivity index (χ0) is 11.3. The van der Waals surface area contributed by atoms with Crippen molar-refractivity contribution in [2.45, 2.75) is 19.4 Å². The molecule has 0 aliphatic carbocycles. The number of hydrogen-bond donors (Lipinski definition) is 2. The SMILES string of the molecule is CCNCC(O)Cc1ccc(Br)cc1Cl. The van der Waals surface area contributed by atoms with Gasteiger partial charge in [-0.15, -0.1) is 0 Å². The average Bonchev–Trinajstić information content (AvgIpc) is 2.19. The Labute approximate surface area is 104 Å². The van der Waals surface area contributed by atoms with E-state index in [4.69, 9.17) is 11.6 Å². The molecule has 0 aliphatic heterocycles. The number of hydrogen-bond acceptors (Lipinski definition) is 2. The lowest BCUT2D eigenvalue weighted by atomic mass is 10.1. The van der Waals surface area contributed by atoms with E-state index in [2.05, 4.69) is 21.2 Å². The summed E-state index contributed by atoms with van der Waals surface area (Å²) < 4.78 is 0.956. The molecular formula is C11H15BrClNO. The van der Waals surface area contributed by atoms with Crippen LogP contribution in [0, 0.1) is 0 Å². The van der Waals surface area contributed by atoms with E-state index in [-0.39, 0.29) is 6.10 Å². The van der Waals surface area contributed by atoms with Gasteiger partial charge in [0.15, 0.2) is 0 Å². The molecule has 1 atom stereocenters. The molecule has 0 aromatic heterocycles. The molecule has 0 heterocycles. The average molecular weight is 293 g/mol. The van der Waals surface area contributed by atoms with Crippen LogP contribution in [0.15, 0.2) is 22.7 Å². The van der Waals surface area contributed by atoms with Crippen LogP contribution in [0.5, 0.6) is 0 Å². The van der Waals surface area contributed by atoms with E-state index in [0.717, 1.165) is 16.6 Å². The highest BCUT2D eigenvalue weighted by molar-refractivity contribution is 9.10. The van der Waals surface area contributed by atoms with Crippen molar-refractivity contribution in [3.05, 3.63) is 33.3 Å². The highest BCUT2D eigenvalue weighted by Gasteiger charge is 2.08. The maximum Gasteiger partial charge on any atom is 0.0705 e. The van der Waals surface area contributed by atoms with Crippen LogP contribution in [-0.2, 0) is 6.42 Å². The van der Waals surface area contributed by atoms with Gasteiger partial charge in [0.2, 0.25) is 0 Å². The maximum atomic E-state index is 9.69. The fraction of sp³-hybridized carbons (Fsp3) is 0.455. The third kappa shape index (κ3) is 4.51. The first kappa shape index (κ1) is 13.0. The molecule has 2 nitrogen and oxygen atoms in total. The van der Waals surface area contributed by atoms with Crippen LogP contribution < -0.4 is 5.32 Å². The number of aliphatic hydroxyl groups is 1. The van der Waals surface area contributed by atoms with E-state index < -0.39 is 0 Å². The molecule has 1 rings (SSSR count). The summed E-state index contributed by atoms with van der Waals surface area (Å²) in [7, 11) is 0. The molecule has 15 heavy (non-hydrogen) atoms. The summed E-state index contributed by atoms with van der Waals surface area (Å²) in [5.74, 6) is 0. The molecule has 1 aromatic carbocycles. The van der Waals surface area contributed by atoms with Gasteiger partial charge in [0.05, 0.1) is 6.10 Å². The molecule has 1 aromatic rings. The lowest BCUT2D eigenvalue weighted by Crippen LogP contribution is -2.28. The fourth-order valence-electron chi connectivity index (χ4n) is 1.32. The third-order valence-corrected chi connectivity index (χ3v) is 2.95. The Morgan fingerprint density at radius 2 is 2.27 bits per heavy atom. The summed E-state index contributed by atoms with van der Waals surface area (Å²) in [6.45, 7) is 3.48. The topological polar surface area (TPSA) is 32.3 Å². The second-order valence-electron chi connectivity index (χ2n) is 3.40. The van der Waals surface area contributed by atoms with Gasteiger partial charge in [-0.05, 0) is 24.2 Å². The number of likely N-dealkylation sites (N-methyl/N-ethyl adjacent to an activating group) is 1. The molecule has 0 fully saturated rings. The largest absolute Gasteiger partial charge is 0.391 e. The van der Waals surface area contributed by atoms with Crippen LogP contribution in [0.2, 0.25) is 5.02 Å². The van der Waals surface area contributed by atoms with E-state index in [1.165, 1.54) is 0 Å². The second-order valence-corrected chi connectivity index (χ2v) is 4.72. The molecule has 1 unspecified atom stereocenters. The first-order valence-electron chi connectivity index (χ1n) is 4.96. The standard InChI is InChI=1S/C11H15BrClNO/c1-2-14-7-10(15)5-8-3-4-9(12)6-11(8)13/h3-4,6,10,14-15H,2,5,7H2,1H3. The van der Waals surface area contributed by atoms with Gasteiger partial charge in [0.1, 0.15) is 0 Å². The van der Waals surface area contributed by atoms with Crippen LogP contribution >= 0.6 is 27.5 Å². The van der Waals surface area contributed by atoms with Crippen molar-refractivity contribution >= 4 is 27.5 Å². The number of nitrogens with one attached hydrogen (secondary N) is 1. The van der Waals surface area contributed by atoms with Crippen molar-refractivity contribution in [3.63, 3.8) is 0 Å². The lowest BCUT2D eigenvalue weighted by Gasteiger charge is -2.12. The highest BCUT2D eigenvalue weighted by Crippen LogP contribution is 2.22. The normalized spacial score (nSPS) is 12.8. The van der Waals surface area contributed by atoms with Crippen molar-refractivity contribution in [3.8, 4) is 0 Å². The van der Waals surface area contributed by atoms with Gasteiger partial charge in [0, 0.05) is 22.5 Å². The summed E-state index contributed by atoms with van der Waals surface area (Å²) in [6.07, 6.45) is 0.197.